The van der Waals surface area contributed by atoms with E-state index in [1.54, 1.807) is 0 Å². The second-order valence-corrected chi connectivity index (χ2v) is 5.16. The molecule has 0 aliphatic carbocycles. The minimum atomic E-state index is -0.829. The van der Waals surface area contributed by atoms with Gasteiger partial charge in [0.05, 0.1) is 18.2 Å². The molecule has 0 saturated carbocycles. The summed E-state index contributed by atoms with van der Waals surface area (Å²) in [5, 5.41) is 12.2. The summed E-state index contributed by atoms with van der Waals surface area (Å²) in [6.07, 6.45) is 0. The smallest absolute Gasteiger partial charge is 0.312 e. The van der Waals surface area contributed by atoms with Gasteiger partial charge in [0.1, 0.15) is 0 Å². The molecule has 0 heterocycles. The summed E-state index contributed by atoms with van der Waals surface area (Å²) in [6.45, 7) is 6.58. The standard InChI is InChI=1S/C14H21NO3/c1-14(2,3)18-10-15-9-12(13(16)17)11-7-5-4-6-8-11/h4-8,12,15H,9-10H2,1-3H3,(H,16,17)/t12-/m0/s1. The number of rotatable bonds is 6. The molecule has 18 heavy (non-hydrogen) atoms. The number of carboxylic acids is 1. The first-order chi connectivity index (χ1) is 8.40. The molecular weight excluding hydrogens is 230 g/mol. The number of nitrogens with one attached hydrogen (secondary N) is 1. The van der Waals surface area contributed by atoms with Gasteiger partial charge in [0.25, 0.3) is 0 Å². The quantitative estimate of drug-likeness (QED) is 0.601. The van der Waals surface area contributed by atoms with Gasteiger partial charge < -0.3 is 9.84 Å². The molecule has 1 aromatic carbocycles. The van der Waals surface area contributed by atoms with Crippen LogP contribution in [0.3, 0.4) is 0 Å². The van der Waals surface area contributed by atoms with E-state index in [1.165, 1.54) is 0 Å². The van der Waals surface area contributed by atoms with Gasteiger partial charge in [-0.1, -0.05) is 30.3 Å². The number of ether oxygens (including phenoxy) is 1. The first-order valence-electron chi connectivity index (χ1n) is 6.02. The van der Waals surface area contributed by atoms with E-state index in [2.05, 4.69) is 5.32 Å². The van der Waals surface area contributed by atoms with Gasteiger partial charge in [-0.25, -0.2) is 0 Å². The van der Waals surface area contributed by atoms with Crippen molar-refractivity contribution in [3.63, 3.8) is 0 Å². The predicted molar refractivity (Wildman–Crippen MR) is 70.5 cm³/mol. The van der Waals surface area contributed by atoms with Crippen LogP contribution in [0.15, 0.2) is 30.3 Å². The summed E-state index contributed by atoms with van der Waals surface area (Å²) < 4.78 is 5.49. The minimum Gasteiger partial charge on any atom is -0.481 e. The maximum absolute atomic E-state index is 11.2. The van der Waals surface area contributed by atoms with Gasteiger partial charge >= 0.3 is 5.97 Å². The number of hydrogen-bond acceptors (Lipinski definition) is 3. The monoisotopic (exact) mass is 251 g/mol. The molecule has 1 rings (SSSR count). The third-order valence-electron chi connectivity index (χ3n) is 2.46. The van der Waals surface area contributed by atoms with E-state index in [-0.39, 0.29) is 5.60 Å². The molecule has 4 heteroatoms. The highest BCUT2D eigenvalue weighted by atomic mass is 16.5. The molecule has 1 atom stereocenters. The Kier molecular flexibility index (Phi) is 5.31. The van der Waals surface area contributed by atoms with Gasteiger partial charge in [-0.3, -0.25) is 10.1 Å². The zero-order valence-electron chi connectivity index (χ0n) is 11.1. The second kappa shape index (κ2) is 6.52. The molecule has 0 bridgehead atoms. The van der Waals surface area contributed by atoms with Crippen molar-refractivity contribution in [2.24, 2.45) is 0 Å². The van der Waals surface area contributed by atoms with Crippen LogP contribution in [-0.2, 0) is 9.53 Å². The van der Waals surface area contributed by atoms with Crippen molar-refractivity contribution in [3.05, 3.63) is 35.9 Å². The fraction of sp³-hybridized carbons (Fsp3) is 0.500. The molecule has 0 aromatic heterocycles. The Labute approximate surface area is 108 Å². The number of benzene rings is 1. The number of carbonyl (C=O) groups is 1. The molecular formula is C14H21NO3. The van der Waals surface area contributed by atoms with E-state index in [0.29, 0.717) is 13.3 Å². The molecule has 0 aliphatic rings. The Morgan fingerprint density at radius 1 is 1.33 bits per heavy atom. The van der Waals surface area contributed by atoms with Crippen molar-refractivity contribution in [2.45, 2.75) is 32.3 Å². The lowest BCUT2D eigenvalue weighted by Crippen LogP contribution is -2.32. The molecule has 0 amide bonds. The lowest BCUT2D eigenvalue weighted by atomic mass is 9.99. The number of aliphatic carboxylic acids is 1. The summed E-state index contributed by atoms with van der Waals surface area (Å²) in [5.74, 6) is -1.38. The fourth-order valence-corrected chi connectivity index (χ4v) is 1.50. The minimum absolute atomic E-state index is 0.224. The largest absolute Gasteiger partial charge is 0.481 e. The first kappa shape index (κ1) is 14.7. The lowest BCUT2D eigenvalue weighted by Gasteiger charge is -2.21. The average Bonchev–Trinajstić information content (AvgIpc) is 2.28. The SMILES string of the molecule is CC(C)(C)OCNC[C@H](C(=O)O)c1ccccc1. The van der Waals surface area contributed by atoms with Crippen molar-refractivity contribution in [2.75, 3.05) is 13.3 Å². The van der Waals surface area contributed by atoms with Crippen LogP contribution in [0, 0.1) is 0 Å². The normalized spacial score (nSPS) is 13.3. The van der Waals surface area contributed by atoms with Gasteiger partial charge in [0.2, 0.25) is 0 Å². The highest BCUT2D eigenvalue weighted by Gasteiger charge is 2.19. The zero-order chi connectivity index (χ0) is 13.6. The van der Waals surface area contributed by atoms with Crippen molar-refractivity contribution >= 4 is 5.97 Å². The maximum Gasteiger partial charge on any atom is 0.312 e. The Hall–Kier alpha value is -1.39. The summed E-state index contributed by atoms with van der Waals surface area (Å²) in [5.41, 5.74) is 0.576. The lowest BCUT2D eigenvalue weighted by molar-refractivity contribution is -0.138. The molecule has 0 spiro atoms. The van der Waals surface area contributed by atoms with Gasteiger partial charge in [-0.15, -0.1) is 0 Å². The van der Waals surface area contributed by atoms with Crippen LogP contribution in [0.2, 0.25) is 0 Å². The number of hydrogen-bond donors (Lipinski definition) is 2. The molecule has 0 radical (unpaired) electrons. The Bertz CT molecular complexity index is 370. The summed E-state index contributed by atoms with van der Waals surface area (Å²) in [4.78, 5) is 11.2. The third kappa shape index (κ3) is 5.29. The van der Waals surface area contributed by atoms with Crippen molar-refractivity contribution < 1.29 is 14.6 Å². The van der Waals surface area contributed by atoms with Crippen LogP contribution in [0.25, 0.3) is 0 Å². The molecule has 1 aromatic rings. The summed E-state index contributed by atoms with van der Waals surface area (Å²) in [6, 6.07) is 9.21. The van der Waals surface area contributed by atoms with E-state index in [4.69, 9.17) is 4.74 Å². The van der Waals surface area contributed by atoms with Crippen molar-refractivity contribution in [3.8, 4) is 0 Å². The molecule has 0 saturated heterocycles. The van der Waals surface area contributed by atoms with E-state index in [9.17, 15) is 9.90 Å². The number of carboxylic acid groups (broad SMARTS) is 1. The maximum atomic E-state index is 11.2. The summed E-state index contributed by atoms with van der Waals surface area (Å²) >= 11 is 0. The van der Waals surface area contributed by atoms with Crippen LogP contribution < -0.4 is 5.32 Å². The average molecular weight is 251 g/mol. The summed E-state index contributed by atoms with van der Waals surface area (Å²) in [7, 11) is 0. The zero-order valence-corrected chi connectivity index (χ0v) is 11.1. The first-order valence-corrected chi connectivity index (χ1v) is 6.02. The van der Waals surface area contributed by atoms with Crippen LogP contribution >= 0.6 is 0 Å². The fourth-order valence-electron chi connectivity index (χ4n) is 1.50. The van der Waals surface area contributed by atoms with Crippen molar-refractivity contribution in [1.29, 1.82) is 0 Å². The van der Waals surface area contributed by atoms with E-state index in [0.717, 1.165) is 5.56 Å². The van der Waals surface area contributed by atoms with Gasteiger partial charge in [0.15, 0.2) is 0 Å². The van der Waals surface area contributed by atoms with Gasteiger partial charge in [0, 0.05) is 6.54 Å². The van der Waals surface area contributed by atoms with Crippen LogP contribution in [0.5, 0.6) is 0 Å². The van der Waals surface area contributed by atoms with Gasteiger partial charge in [-0.2, -0.15) is 0 Å². The Morgan fingerprint density at radius 2 is 1.94 bits per heavy atom. The third-order valence-corrected chi connectivity index (χ3v) is 2.46. The highest BCUT2D eigenvalue weighted by Crippen LogP contribution is 2.14. The van der Waals surface area contributed by atoms with Crippen LogP contribution in [0.4, 0.5) is 0 Å². The van der Waals surface area contributed by atoms with E-state index < -0.39 is 11.9 Å². The van der Waals surface area contributed by atoms with Gasteiger partial charge in [-0.05, 0) is 26.3 Å². The van der Waals surface area contributed by atoms with E-state index in [1.807, 2.05) is 51.1 Å². The highest BCUT2D eigenvalue weighted by molar-refractivity contribution is 5.76. The molecule has 0 unspecified atom stereocenters. The van der Waals surface area contributed by atoms with Crippen LogP contribution in [-0.4, -0.2) is 30.0 Å². The van der Waals surface area contributed by atoms with Crippen LogP contribution in [0.1, 0.15) is 32.3 Å². The van der Waals surface area contributed by atoms with E-state index >= 15 is 0 Å². The molecule has 0 aliphatic heterocycles. The molecule has 0 fully saturated rings. The second-order valence-electron chi connectivity index (χ2n) is 5.16. The molecule has 100 valence electrons. The Balaban J connectivity index is 2.48. The predicted octanol–water partition coefficient (Wildman–Crippen LogP) is 2.22. The molecule has 2 N–H and O–H groups in total. The Morgan fingerprint density at radius 3 is 2.44 bits per heavy atom. The molecule has 4 nitrogen and oxygen atoms in total. The van der Waals surface area contributed by atoms with Crippen molar-refractivity contribution in [1.82, 2.24) is 5.32 Å². The topological polar surface area (TPSA) is 58.6 Å².